The Hall–Kier alpha value is -1.52. The smallest absolute Gasteiger partial charge is 0.159 e. The third-order valence-electron chi connectivity index (χ3n) is 2.98. The van der Waals surface area contributed by atoms with Crippen LogP contribution in [-0.2, 0) is 13.7 Å². The van der Waals surface area contributed by atoms with Crippen LogP contribution in [0, 0.1) is 6.92 Å². The summed E-state index contributed by atoms with van der Waals surface area (Å²) in [7, 11) is 1.77. The summed E-state index contributed by atoms with van der Waals surface area (Å²) in [5.41, 5.74) is 2.19. The lowest BCUT2D eigenvalue weighted by Crippen LogP contribution is -1.99. The molecule has 0 saturated heterocycles. The summed E-state index contributed by atoms with van der Waals surface area (Å²) in [5, 5.41) is 5.15. The highest BCUT2D eigenvalue weighted by molar-refractivity contribution is 6.32. The molecule has 0 N–H and O–H groups in total. The van der Waals surface area contributed by atoms with Crippen LogP contribution in [0.4, 0.5) is 0 Å². The Labute approximate surface area is 127 Å². The third-order valence-corrected chi connectivity index (χ3v) is 3.75. The van der Waals surface area contributed by atoms with Crippen molar-refractivity contribution in [2.45, 2.75) is 20.5 Å². The Morgan fingerprint density at radius 2 is 2.10 bits per heavy atom. The number of aryl methyl sites for hydroxylation is 2. The fourth-order valence-electron chi connectivity index (χ4n) is 1.82. The number of benzene rings is 1. The topological polar surface area (TPSA) is 44.1 Å². The molecule has 0 aliphatic heterocycles. The van der Waals surface area contributed by atoms with E-state index in [2.05, 4.69) is 5.10 Å². The van der Waals surface area contributed by atoms with E-state index in [9.17, 15) is 4.79 Å². The molecule has 106 valence electrons. The number of halogens is 2. The molecule has 1 heterocycles. The van der Waals surface area contributed by atoms with E-state index >= 15 is 0 Å². The summed E-state index contributed by atoms with van der Waals surface area (Å²) in [5.74, 6) is 0.473. The molecule has 0 spiro atoms. The minimum absolute atomic E-state index is 0.0374. The lowest BCUT2D eigenvalue weighted by Gasteiger charge is -2.08. The Bertz CT molecular complexity index is 665. The first-order valence-corrected chi connectivity index (χ1v) is 6.77. The van der Waals surface area contributed by atoms with Crippen molar-refractivity contribution < 1.29 is 9.53 Å². The van der Waals surface area contributed by atoms with Crippen molar-refractivity contribution in [1.29, 1.82) is 0 Å². The molecular formula is C14H14Cl2N2O2. The summed E-state index contributed by atoms with van der Waals surface area (Å²) in [6.45, 7) is 3.63. The molecule has 0 aliphatic carbocycles. The number of rotatable bonds is 4. The van der Waals surface area contributed by atoms with E-state index in [1.54, 1.807) is 29.9 Å². The number of nitrogens with zero attached hydrogens (tertiary/aromatic N) is 2. The van der Waals surface area contributed by atoms with Crippen LogP contribution in [0.5, 0.6) is 5.75 Å². The molecule has 0 radical (unpaired) electrons. The van der Waals surface area contributed by atoms with Gasteiger partial charge in [0.05, 0.1) is 10.7 Å². The molecule has 0 saturated carbocycles. The molecule has 0 aliphatic rings. The quantitative estimate of drug-likeness (QED) is 0.806. The highest BCUT2D eigenvalue weighted by Crippen LogP contribution is 2.28. The molecule has 6 heteroatoms. The summed E-state index contributed by atoms with van der Waals surface area (Å²) < 4.78 is 7.24. The third kappa shape index (κ3) is 2.97. The highest BCUT2D eigenvalue weighted by atomic mass is 35.5. The van der Waals surface area contributed by atoms with E-state index < -0.39 is 0 Å². The van der Waals surface area contributed by atoms with Crippen molar-refractivity contribution in [3.05, 3.63) is 45.2 Å². The molecule has 2 aromatic rings. The minimum Gasteiger partial charge on any atom is -0.487 e. The van der Waals surface area contributed by atoms with Crippen molar-refractivity contribution in [1.82, 2.24) is 9.78 Å². The first-order valence-electron chi connectivity index (χ1n) is 6.01. The van der Waals surface area contributed by atoms with Crippen LogP contribution in [-0.4, -0.2) is 15.6 Å². The molecule has 4 nitrogen and oxygen atoms in total. The predicted molar refractivity (Wildman–Crippen MR) is 78.7 cm³/mol. The van der Waals surface area contributed by atoms with Crippen LogP contribution < -0.4 is 4.74 Å². The molecule has 0 amide bonds. The highest BCUT2D eigenvalue weighted by Gasteiger charge is 2.13. The Morgan fingerprint density at radius 1 is 1.40 bits per heavy atom. The van der Waals surface area contributed by atoms with Crippen molar-refractivity contribution in [2.75, 3.05) is 0 Å². The van der Waals surface area contributed by atoms with Gasteiger partial charge in [0.25, 0.3) is 0 Å². The van der Waals surface area contributed by atoms with Gasteiger partial charge in [-0.3, -0.25) is 9.48 Å². The first-order chi connectivity index (χ1) is 9.40. The molecular weight excluding hydrogens is 299 g/mol. The number of ketones is 1. The van der Waals surface area contributed by atoms with Gasteiger partial charge in [0.1, 0.15) is 17.5 Å². The maximum absolute atomic E-state index is 11.3. The van der Waals surface area contributed by atoms with E-state index in [4.69, 9.17) is 27.9 Å². The van der Waals surface area contributed by atoms with Gasteiger partial charge in [-0.05, 0) is 32.0 Å². The van der Waals surface area contributed by atoms with Crippen molar-refractivity contribution in [3.63, 3.8) is 0 Å². The Morgan fingerprint density at radius 3 is 2.60 bits per heavy atom. The van der Waals surface area contributed by atoms with Crippen LogP contribution >= 0.6 is 23.2 Å². The lowest BCUT2D eigenvalue weighted by atomic mass is 10.1. The predicted octanol–water partition coefficient (Wildman–Crippen LogP) is 3.82. The van der Waals surface area contributed by atoms with Crippen LogP contribution in [0.3, 0.4) is 0 Å². The van der Waals surface area contributed by atoms with E-state index in [-0.39, 0.29) is 12.4 Å². The van der Waals surface area contributed by atoms with E-state index in [0.29, 0.717) is 21.5 Å². The molecule has 2 rings (SSSR count). The second kappa shape index (κ2) is 5.85. The second-order valence-corrected chi connectivity index (χ2v) is 5.23. The molecule has 0 fully saturated rings. The second-order valence-electron chi connectivity index (χ2n) is 4.47. The minimum atomic E-state index is -0.0374. The van der Waals surface area contributed by atoms with Gasteiger partial charge in [-0.1, -0.05) is 23.2 Å². The Balaban J connectivity index is 2.17. The average Bonchev–Trinajstić information content (AvgIpc) is 2.62. The van der Waals surface area contributed by atoms with E-state index in [1.165, 1.54) is 6.92 Å². The van der Waals surface area contributed by atoms with Crippen molar-refractivity contribution >= 4 is 29.0 Å². The summed E-state index contributed by atoms with van der Waals surface area (Å²) in [6.07, 6.45) is 0. The molecule has 0 unspecified atom stereocenters. The van der Waals surface area contributed by atoms with Crippen molar-refractivity contribution in [2.24, 2.45) is 7.05 Å². The lowest BCUT2D eigenvalue weighted by molar-refractivity contribution is 0.101. The van der Waals surface area contributed by atoms with Gasteiger partial charge < -0.3 is 4.74 Å². The maximum Gasteiger partial charge on any atom is 0.159 e. The summed E-state index contributed by atoms with van der Waals surface area (Å²) >= 11 is 12.2. The SMILES string of the molecule is CC(=O)c1ccc(OCc2c(C)nn(C)c2Cl)c(Cl)c1. The number of hydrogen-bond acceptors (Lipinski definition) is 3. The van der Waals surface area contributed by atoms with Crippen LogP contribution in [0.25, 0.3) is 0 Å². The zero-order valence-corrected chi connectivity index (χ0v) is 12.9. The van der Waals surface area contributed by atoms with E-state index in [0.717, 1.165) is 11.3 Å². The summed E-state index contributed by atoms with van der Waals surface area (Å²) in [6, 6.07) is 4.96. The van der Waals surface area contributed by atoms with Gasteiger partial charge in [0.2, 0.25) is 0 Å². The van der Waals surface area contributed by atoms with Gasteiger partial charge in [-0.25, -0.2) is 0 Å². The number of hydrogen-bond donors (Lipinski definition) is 0. The molecule has 20 heavy (non-hydrogen) atoms. The number of aromatic nitrogens is 2. The van der Waals surface area contributed by atoms with Gasteiger partial charge in [-0.15, -0.1) is 0 Å². The number of Topliss-reactive ketones (excluding diaryl/α,β-unsaturated/α-hetero) is 1. The zero-order chi connectivity index (χ0) is 14.9. The monoisotopic (exact) mass is 312 g/mol. The molecule has 0 bridgehead atoms. The molecule has 1 aromatic heterocycles. The standard InChI is InChI=1S/C14H14Cl2N2O2/c1-8-11(14(16)18(3)17-8)7-20-13-5-4-10(9(2)19)6-12(13)15/h4-6H,7H2,1-3H3. The maximum atomic E-state index is 11.3. The fourth-order valence-corrected chi connectivity index (χ4v) is 2.29. The van der Waals surface area contributed by atoms with E-state index in [1.807, 2.05) is 6.92 Å². The van der Waals surface area contributed by atoms with Crippen LogP contribution in [0.15, 0.2) is 18.2 Å². The largest absolute Gasteiger partial charge is 0.487 e. The van der Waals surface area contributed by atoms with Crippen molar-refractivity contribution in [3.8, 4) is 5.75 Å². The molecule has 1 aromatic carbocycles. The fraction of sp³-hybridized carbons (Fsp3) is 0.286. The van der Waals surface area contributed by atoms with Gasteiger partial charge in [0, 0.05) is 18.2 Å². The van der Waals surface area contributed by atoms with Crippen LogP contribution in [0.2, 0.25) is 10.2 Å². The number of ether oxygens (including phenoxy) is 1. The zero-order valence-electron chi connectivity index (χ0n) is 11.4. The average molecular weight is 313 g/mol. The number of carbonyl (C=O) groups excluding carboxylic acids is 1. The first kappa shape index (κ1) is 14.9. The Kier molecular flexibility index (Phi) is 4.35. The van der Waals surface area contributed by atoms with Crippen LogP contribution in [0.1, 0.15) is 28.5 Å². The summed E-state index contributed by atoms with van der Waals surface area (Å²) in [4.78, 5) is 11.3. The molecule has 0 atom stereocenters. The van der Waals surface area contributed by atoms with Gasteiger partial charge >= 0.3 is 0 Å². The van der Waals surface area contributed by atoms with Gasteiger partial charge in [-0.2, -0.15) is 5.10 Å². The normalized spacial score (nSPS) is 10.7. The van der Waals surface area contributed by atoms with Gasteiger partial charge in [0.15, 0.2) is 5.78 Å². The number of carbonyl (C=O) groups is 1.